The SMILES string of the molecule is O=S(=O)(C1CCCCC1)N1CCC(Oc2ccncc2)CC1. The third-order valence-electron chi connectivity index (χ3n) is 4.69. The molecule has 1 aromatic rings. The Balaban J connectivity index is 1.54. The molecule has 5 nitrogen and oxygen atoms in total. The van der Waals surface area contributed by atoms with E-state index in [0.717, 1.165) is 44.3 Å². The molecule has 2 fully saturated rings. The summed E-state index contributed by atoms with van der Waals surface area (Å²) in [6.07, 6.45) is 9.95. The summed E-state index contributed by atoms with van der Waals surface area (Å²) in [5.41, 5.74) is 0. The lowest BCUT2D eigenvalue weighted by molar-refractivity contribution is 0.134. The van der Waals surface area contributed by atoms with Gasteiger partial charge in [-0.2, -0.15) is 0 Å². The Morgan fingerprint density at radius 2 is 1.64 bits per heavy atom. The van der Waals surface area contributed by atoms with Crippen molar-refractivity contribution in [3.05, 3.63) is 24.5 Å². The van der Waals surface area contributed by atoms with Crippen LogP contribution in [-0.2, 0) is 10.0 Å². The van der Waals surface area contributed by atoms with Crippen LogP contribution in [0.2, 0.25) is 0 Å². The normalized spacial score (nSPS) is 22.5. The molecule has 0 aromatic carbocycles. The van der Waals surface area contributed by atoms with E-state index in [9.17, 15) is 8.42 Å². The van der Waals surface area contributed by atoms with E-state index in [4.69, 9.17) is 4.74 Å². The molecule has 6 heteroatoms. The monoisotopic (exact) mass is 324 g/mol. The van der Waals surface area contributed by atoms with E-state index in [1.54, 1.807) is 16.7 Å². The Hall–Kier alpha value is -1.14. The lowest BCUT2D eigenvalue weighted by Crippen LogP contribution is -2.46. The Morgan fingerprint density at radius 1 is 1.00 bits per heavy atom. The van der Waals surface area contributed by atoms with Crippen LogP contribution in [0.5, 0.6) is 5.75 Å². The van der Waals surface area contributed by atoms with Gasteiger partial charge >= 0.3 is 0 Å². The van der Waals surface area contributed by atoms with E-state index < -0.39 is 10.0 Å². The predicted molar refractivity (Wildman–Crippen MR) is 85.3 cm³/mol. The topological polar surface area (TPSA) is 59.5 Å². The molecule has 3 rings (SSSR count). The highest BCUT2D eigenvalue weighted by Crippen LogP contribution is 2.28. The third kappa shape index (κ3) is 3.60. The summed E-state index contributed by atoms with van der Waals surface area (Å²) in [4.78, 5) is 3.97. The van der Waals surface area contributed by atoms with Crippen LogP contribution < -0.4 is 4.74 Å². The molecular weight excluding hydrogens is 300 g/mol. The standard InChI is InChI=1S/C16H24N2O3S/c19-22(20,16-4-2-1-3-5-16)18-12-8-15(9-13-18)21-14-6-10-17-11-7-14/h6-7,10-11,15-16H,1-5,8-9,12-13H2. The molecular formula is C16H24N2O3S. The van der Waals surface area contributed by atoms with Crippen molar-refractivity contribution in [2.75, 3.05) is 13.1 Å². The fraction of sp³-hybridized carbons (Fsp3) is 0.688. The van der Waals surface area contributed by atoms with Crippen molar-refractivity contribution in [1.29, 1.82) is 0 Å². The van der Waals surface area contributed by atoms with Crippen molar-refractivity contribution >= 4 is 10.0 Å². The molecule has 1 saturated carbocycles. The van der Waals surface area contributed by atoms with E-state index in [0.29, 0.717) is 13.1 Å². The van der Waals surface area contributed by atoms with Crippen LogP contribution in [0.15, 0.2) is 24.5 Å². The average molecular weight is 324 g/mol. The molecule has 0 bridgehead atoms. The molecule has 0 N–H and O–H groups in total. The first-order valence-electron chi connectivity index (χ1n) is 8.22. The molecule has 0 unspecified atom stereocenters. The number of aromatic nitrogens is 1. The number of hydrogen-bond acceptors (Lipinski definition) is 4. The number of sulfonamides is 1. The quantitative estimate of drug-likeness (QED) is 0.854. The van der Waals surface area contributed by atoms with Crippen LogP contribution in [0.4, 0.5) is 0 Å². The highest BCUT2D eigenvalue weighted by atomic mass is 32.2. The molecule has 0 radical (unpaired) electrons. The van der Waals surface area contributed by atoms with Crippen molar-refractivity contribution in [1.82, 2.24) is 9.29 Å². The van der Waals surface area contributed by atoms with Gasteiger partial charge in [0.2, 0.25) is 10.0 Å². The van der Waals surface area contributed by atoms with Crippen LogP contribution >= 0.6 is 0 Å². The number of pyridine rings is 1. The summed E-state index contributed by atoms with van der Waals surface area (Å²) in [5, 5.41) is -0.154. The highest BCUT2D eigenvalue weighted by molar-refractivity contribution is 7.89. The maximum Gasteiger partial charge on any atom is 0.216 e. The molecule has 1 aliphatic carbocycles. The second-order valence-electron chi connectivity index (χ2n) is 6.20. The summed E-state index contributed by atoms with van der Waals surface area (Å²) in [5.74, 6) is 0.809. The smallest absolute Gasteiger partial charge is 0.216 e. The maximum absolute atomic E-state index is 12.7. The third-order valence-corrected chi connectivity index (χ3v) is 7.09. The summed E-state index contributed by atoms with van der Waals surface area (Å²) >= 11 is 0. The summed E-state index contributed by atoms with van der Waals surface area (Å²) in [7, 11) is -3.11. The van der Waals surface area contributed by atoms with Crippen LogP contribution in [0.1, 0.15) is 44.9 Å². The van der Waals surface area contributed by atoms with Crippen molar-refractivity contribution in [2.24, 2.45) is 0 Å². The number of nitrogens with zero attached hydrogens (tertiary/aromatic N) is 2. The second-order valence-corrected chi connectivity index (χ2v) is 8.42. The van der Waals surface area contributed by atoms with E-state index in [1.807, 2.05) is 12.1 Å². The van der Waals surface area contributed by atoms with Gasteiger partial charge in [0.25, 0.3) is 0 Å². The molecule has 2 aliphatic rings. The van der Waals surface area contributed by atoms with Gasteiger partial charge in [0.15, 0.2) is 0 Å². The minimum Gasteiger partial charge on any atom is -0.490 e. The molecule has 1 aliphatic heterocycles. The zero-order chi connectivity index (χ0) is 15.4. The molecule has 0 atom stereocenters. The lowest BCUT2D eigenvalue weighted by Gasteiger charge is -2.34. The van der Waals surface area contributed by atoms with Gasteiger partial charge in [0.05, 0.1) is 5.25 Å². The Kier molecular flexibility index (Phi) is 4.98. The minimum atomic E-state index is -3.11. The molecule has 2 heterocycles. The Morgan fingerprint density at radius 3 is 2.27 bits per heavy atom. The predicted octanol–water partition coefficient (Wildman–Crippen LogP) is 2.59. The summed E-state index contributed by atoms with van der Waals surface area (Å²) in [6, 6.07) is 3.68. The zero-order valence-corrected chi connectivity index (χ0v) is 13.7. The van der Waals surface area contributed by atoms with Crippen LogP contribution in [0.3, 0.4) is 0 Å². The van der Waals surface area contributed by atoms with E-state index in [2.05, 4.69) is 4.98 Å². The summed E-state index contributed by atoms with van der Waals surface area (Å²) < 4.78 is 33.0. The van der Waals surface area contributed by atoms with Gasteiger partial charge in [0, 0.05) is 25.5 Å². The highest BCUT2D eigenvalue weighted by Gasteiger charge is 2.35. The average Bonchev–Trinajstić information content (AvgIpc) is 2.57. The molecule has 22 heavy (non-hydrogen) atoms. The molecule has 122 valence electrons. The first-order valence-corrected chi connectivity index (χ1v) is 9.72. The molecule has 0 amide bonds. The van der Waals surface area contributed by atoms with Crippen LogP contribution in [-0.4, -0.2) is 42.2 Å². The lowest BCUT2D eigenvalue weighted by atomic mass is 10.0. The van der Waals surface area contributed by atoms with Gasteiger partial charge in [0.1, 0.15) is 11.9 Å². The zero-order valence-electron chi connectivity index (χ0n) is 12.9. The van der Waals surface area contributed by atoms with Crippen molar-refractivity contribution in [2.45, 2.75) is 56.3 Å². The fourth-order valence-electron chi connectivity index (χ4n) is 3.39. The minimum absolute atomic E-state index is 0.0974. The first kappa shape index (κ1) is 15.7. The summed E-state index contributed by atoms with van der Waals surface area (Å²) in [6.45, 7) is 1.16. The number of hydrogen-bond donors (Lipinski definition) is 0. The first-order chi connectivity index (χ1) is 10.7. The molecule has 1 aromatic heterocycles. The second kappa shape index (κ2) is 6.96. The fourth-order valence-corrected chi connectivity index (χ4v) is 5.46. The maximum atomic E-state index is 12.7. The Labute approximate surface area is 132 Å². The van der Waals surface area contributed by atoms with Gasteiger partial charge in [-0.05, 0) is 37.8 Å². The number of piperidine rings is 1. The van der Waals surface area contributed by atoms with Crippen LogP contribution in [0.25, 0.3) is 0 Å². The van der Waals surface area contributed by atoms with E-state index >= 15 is 0 Å². The molecule has 1 saturated heterocycles. The van der Waals surface area contributed by atoms with E-state index in [-0.39, 0.29) is 11.4 Å². The van der Waals surface area contributed by atoms with Gasteiger partial charge in [-0.25, -0.2) is 12.7 Å². The van der Waals surface area contributed by atoms with E-state index in [1.165, 1.54) is 6.42 Å². The van der Waals surface area contributed by atoms with Gasteiger partial charge in [-0.15, -0.1) is 0 Å². The van der Waals surface area contributed by atoms with Crippen molar-refractivity contribution < 1.29 is 13.2 Å². The van der Waals surface area contributed by atoms with Crippen molar-refractivity contribution in [3.8, 4) is 5.75 Å². The van der Waals surface area contributed by atoms with Crippen LogP contribution in [0, 0.1) is 0 Å². The number of ether oxygens (including phenoxy) is 1. The largest absolute Gasteiger partial charge is 0.490 e. The van der Waals surface area contributed by atoms with Gasteiger partial charge in [-0.1, -0.05) is 19.3 Å². The van der Waals surface area contributed by atoms with Gasteiger partial charge < -0.3 is 4.74 Å². The molecule has 0 spiro atoms. The van der Waals surface area contributed by atoms with Gasteiger partial charge in [-0.3, -0.25) is 4.98 Å². The Bertz CT molecular complexity index is 562. The van der Waals surface area contributed by atoms with Crippen molar-refractivity contribution in [3.63, 3.8) is 0 Å². The number of rotatable bonds is 4.